The van der Waals surface area contributed by atoms with Gasteiger partial charge in [-0.1, -0.05) is 29.9 Å². The molecule has 0 aliphatic heterocycles. The lowest BCUT2D eigenvalue weighted by Gasteiger charge is -2.06. The van der Waals surface area contributed by atoms with Crippen molar-refractivity contribution in [2.45, 2.75) is 45.1 Å². The Morgan fingerprint density at radius 1 is 1.45 bits per heavy atom. The van der Waals surface area contributed by atoms with Gasteiger partial charge in [0.15, 0.2) is 0 Å². The maximum absolute atomic E-state index is 9.40. The molecular formula is C18H26O2. The second kappa shape index (κ2) is 9.38. The Balaban J connectivity index is 2.30. The number of methoxy groups -OCH3 is 1. The van der Waals surface area contributed by atoms with Gasteiger partial charge in [0, 0.05) is 0 Å². The zero-order chi connectivity index (χ0) is 14.8. The topological polar surface area (TPSA) is 29.5 Å². The smallest absolute Gasteiger partial charge is 0.119 e. The lowest BCUT2D eigenvalue weighted by molar-refractivity contribution is 0.210. The standard InChI is InChI=1S/C18H26O2/c1-4-17(19)12-6-9-15(2)8-5-10-16-11-7-13-18(14-16)20-3/h4,7-8,11,13-14,17,19H,1,5-6,9-10,12H2,2-3H3/b15-8+. The quantitative estimate of drug-likeness (QED) is 0.681. The molecule has 110 valence electrons. The van der Waals surface area contributed by atoms with Gasteiger partial charge in [0.05, 0.1) is 13.2 Å². The average Bonchev–Trinajstić information content (AvgIpc) is 2.47. The van der Waals surface area contributed by atoms with Crippen LogP contribution in [0.3, 0.4) is 0 Å². The predicted octanol–water partition coefficient (Wildman–Crippen LogP) is 4.29. The SMILES string of the molecule is C=CC(O)CCC/C(C)=C/CCc1cccc(OC)c1. The van der Waals surface area contributed by atoms with Gasteiger partial charge in [-0.15, -0.1) is 6.58 Å². The highest BCUT2D eigenvalue weighted by Gasteiger charge is 1.99. The average molecular weight is 274 g/mol. The fraction of sp³-hybridized carbons (Fsp3) is 0.444. The first-order valence-electron chi connectivity index (χ1n) is 7.25. The molecule has 1 N–H and O–H groups in total. The minimum Gasteiger partial charge on any atom is -0.497 e. The lowest BCUT2D eigenvalue weighted by Crippen LogP contribution is -2.00. The summed E-state index contributed by atoms with van der Waals surface area (Å²) in [6.45, 7) is 5.74. The molecule has 0 aliphatic rings. The Morgan fingerprint density at radius 3 is 2.95 bits per heavy atom. The second-order valence-electron chi connectivity index (χ2n) is 5.14. The van der Waals surface area contributed by atoms with Crippen molar-refractivity contribution in [1.29, 1.82) is 0 Å². The van der Waals surface area contributed by atoms with Crippen molar-refractivity contribution in [1.82, 2.24) is 0 Å². The highest BCUT2D eigenvalue weighted by atomic mass is 16.5. The van der Waals surface area contributed by atoms with Crippen LogP contribution in [0.4, 0.5) is 0 Å². The zero-order valence-electron chi connectivity index (χ0n) is 12.6. The predicted molar refractivity (Wildman–Crippen MR) is 85.1 cm³/mol. The van der Waals surface area contributed by atoms with Gasteiger partial charge >= 0.3 is 0 Å². The Labute approximate surface area is 122 Å². The van der Waals surface area contributed by atoms with Crippen LogP contribution in [0.1, 0.15) is 38.2 Å². The van der Waals surface area contributed by atoms with Crippen LogP contribution in [-0.2, 0) is 6.42 Å². The fourth-order valence-corrected chi connectivity index (χ4v) is 2.12. The fourth-order valence-electron chi connectivity index (χ4n) is 2.12. The van der Waals surface area contributed by atoms with E-state index in [1.165, 1.54) is 11.1 Å². The number of rotatable bonds is 9. The van der Waals surface area contributed by atoms with E-state index in [0.29, 0.717) is 0 Å². The Hall–Kier alpha value is -1.54. The van der Waals surface area contributed by atoms with E-state index in [0.717, 1.165) is 37.9 Å². The molecule has 0 spiro atoms. The molecular weight excluding hydrogens is 248 g/mol. The molecule has 0 fully saturated rings. The van der Waals surface area contributed by atoms with Crippen molar-refractivity contribution in [3.05, 3.63) is 54.1 Å². The van der Waals surface area contributed by atoms with Crippen LogP contribution in [-0.4, -0.2) is 18.3 Å². The van der Waals surface area contributed by atoms with Crippen LogP contribution in [0.15, 0.2) is 48.6 Å². The molecule has 0 bridgehead atoms. The number of aliphatic hydroxyl groups excluding tert-OH is 1. The summed E-state index contributed by atoms with van der Waals surface area (Å²) < 4.78 is 5.22. The number of hydrogen-bond donors (Lipinski definition) is 1. The van der Waals surface area contributed by atoms with Crippen molar-refractivity contribution in [3.8, 4) is 5.75 Å². The van der Waals surface area contributed by atoms with E-state index in [1.807, 2.05) is 12.1 Å². The minimum atomic E-state index is -0.361. The Bertz CT molecular complexity index is 435. The van der Waals surface area contributed by atoms with E-state index < -0.39 is 0 Å². The monoisotopic (exact) mass is 274 g/mol. The van der Waals surface area contributed by atoms with Crippen molar-refractivity contribution in [2.24, 2.45) is 0 Å². The maximum Gasteiger partial charge on any atom is 0.119 e. The Kier molecular flexibility index (Phi) is 7.74. The normalized spacial score (nSPS) is 13.1. The summed E-state index contributed by atoms with van der Waals surface area (Å²) in [5.74, 6) is 0.918. The van der Waals surface area contributed by atoms with Crippen molar-refractivity contribution < 1.29 is 9.84 Å². The second-order valence-corrected chi connectivity index (χ2v) is 5.14. The van der Waals surface area contributed by atoms with E-state index in [2.05, 4.69) is 31.7 Å². The molecule has 0 amide bonds. The van der Waals surface area contributed by atoms with Gasteiger partial charge in [-0.2, -0.15) is 0 Å². The molecule has 1 unspecified atom stereocenters. The van der Waals surface area contributed by atoms with Crippen molar-refractivity contribution in [3.63, 3.8) is 0 Å². The summed E-state index contributed by atoms with van der Waals surface area (Å²) in [5.41, 5.74) is 2.69. The van der Waals surface area contributed by atoms with E-state index in [-0.39, 0.29) is 6.10 Å². The number of aliphatic hydroxyl groups is 1. The summed E-state index contributed by atoms with van der Waals surface area (Å²) in [4.78, 5) is 0. The molecule has 2 nitrogen and oxygen atoms in total. The number of aryl methyl sites for hydroxylation is 1. The van der Waals surface area contributed by atoms with E-state index in [4.69, 9.17) is 4.74 Å². The molecule has 1 atom stereocenters. The van der Waals surface area contributed by atoms with E-state index in [1.54, 1.807) is 13.2 Å². The molecule has 0 saturated heterocycles. The first-order valence-corrected chi connectivity index (χ1v) is 7.25. The molecule has 1 aromatic rings. The summed E-state index contributed by atoms with van der Waals surface area (Å²) in [6.07, 6.45) is 8.45. The third-order valence-corrected chi connectivity index (χ3v) is 3.40. The van der Waals surface area contributed by atoms with Gasteiger partial charge in [0.2, 0.25) is 0 Å². The number of ether oxygens (including phenoxy) is 1. The molecule has 0 saturated carbocycles. The number of benzene rings is 1. The van der Waals surface area contributed by atoms with Crippen LogP contribution in [0.2, 0.25) is 0 Å². The van der Waals surface area contributed by atoms with Crippen LogP contribution < -0.4 is 4.74 Å². The molecule has 0 radical (unpaired) electrons. The number of hydrogen-bond acceptors (Lipinski definition) is 2. The molecule has 0 heterocycles. The molecule has 20 heavy (non-hydrogen) atoms. The number of allylic oxidation sites excluding steroid dienone is 2. The summed E-state index contributed by atoms with van der Waals surface area (Å²) in [5, 5.41) is 9.40. The molecule has 1 rings (SSSR count). The van der Waals surface area contributed by atoms with E-state index >= 15 is 0 Å². The van der Waals surface area contributed by atoms with Crippen LogP contribution in [0.25, 0.3) is 0 Å². The first kappa shape index (κ1) is 16.5. The van der Waals surface area contributed by atoms with E-state index in [9.17, 15) is 5.11 Å². The van der Waals surface area contributed by atoms with Gasteiger partial charge in [-0.05, 0) is 56.7 Å². The summed E-state index contributed by atoms with van der Waals surface area (Å²) in [7, 11) is 1.70. The first-order chi connectivity index (χ1) is 9.65. The van der Waals surface area contributed by atoms with Gasteiger partial charge in [-0.3, -0.25) is 0 Å². The third-order valence-electron chi connectivity index (χ3n) is 3.40. The van der Waals surface area contributed by atoms with Gasteiger partial charge < -0.3 is 9.84 Å². The molecule has 1 aromatic carbocycles. The summed E-state index contributed by atoms with van der Waals surface area (Å²) >= 11 is 0. The minimum absolute atomic E-state index is 0.361. The van der Waals surface area contributed by atoms with Crippen LogP contribution in [0, 0.1) is 0 Å². The molecule has 2 heteroatoms. The highest BCUT2D eigenvalue weighted by Crippen LogP contribution is 2.15. The molecule has 0 aromatic heterocycles. The van der Waals surface area contributed by atoms with Gasteiger partial charge in [0.1, 0.15) is 5.75 Å². The summed E-state index contributed by atoms with van der Waals surface area (Å²) in [6, 6.07) is 8.21. The molecule has 0 aliphatic carbocycles. The zero-order valence-corrected chi connectivity index (χ0v) is 12.6. The van der Waals surface area contributed by atoms with Gasteiger partial charge in [0.25, 0.3) is 0 Å². The van der Waals surface area contributed by atoms with Crippen molar-refractivity contribution >= 4 is 0 Å². The maximum atomic E-state index is 9.40. The van der Waals surface area contributed by atoms with Gasteiger partial charge in [-0.25, -0.2) is 0 Å². The van der Waals surface area contributed by atoms with Crippen LogP contribution >= 0.6 is 0 Å². The Morgan fingerprint density at radius 2 is 2.25 bits per heavy atom. The largest absolute Gasteiger partial charge is 0.497 e. The lowest BCUT2D eigenvalue weighted by atomic mass is 10.0. The third kappa shape index (κ3) is 6.58. The van der Waals surface area contributed by atoms with Crippen molar-refractivity contribution in [2.75, 3.05) is 7.11 Å². The highest BCUT2D eigenvalue weighted by molar-refractivity contribution is 5.28. The van der Waals surface area contributed by atoms with Crippen LogP contribution in [0.5, 0.6) is 5.75 Å².